The highest BCUT2D eigenvalue weighted by Crippen LogP contribution is 2.29. The molecule has 64 valence electrons. The highest BCUT2D eigenvalue weighted by atomic mass is 14.2. The molecule has 0 bridgehead atoms. The Hall–Kier alpha value is -0.260. The minimum atomic E-state index is 0.902. The van der Waals surface area contributed by atoms with Gasteiger partial charge < -0.3 is 0 Å². The van der Waals surface area contributed by atoms with Gasteiger partial charge in [-0.15, -0.1) is 0 Å². The molecule has 1 fully saturated rings. The van der Waals surface area contributed by atoms with Crippen molar-refractivity contribution in [1.29, 1.82) is 0 Å². The topological polar surface area (TPSA) is 0 Å². The predicted molar refractivity (Wildman–Crippen MR) is 50.6 cm³/mol. The van der Waals surface area contributed by atoms with E-state index in [0.29, 0.717) is 0 Å². The lowest BCUT2D eigenvalue weighted by Crippen LogP contribution is -2.10. The van der Waals surface area contributed by atoms with E-state index in [1.165, 1.54) is 32.1 Å². The first kappa shape index (κ1) is 8.83. The van der Waals surface area contributed by atoms with Gasteiger partial charge in [-0.3, -0.25) is 0 Å². The molecule has 1 rings (SSSR count). The summed E-state index contributed by atoms with van der Waals surface area (Å²) in [5, 5.41) is 0. The van der Waals surface area contributed by atoms with Gasteiger partial charge >= 0.3 is 0 Å². The second-order valence-corrected chi connectivity index (χ2v) is 3.87. The fourth-order valence-electron chi connectivity index (χ4n) is 1.98. The summed E-state index contributed by atoms with van der Waals surface area (Å²) in [6.45, 7) is 4.59. The van der Waals surface area contributed by atoms with Gasteiger partial charge in [-0.05, 0) is 31.1 Å². The number of hydrogen-bond donors (Lipinski definition) is 0. The molecule has 0 aromatic carbocycles. The Balaban J connectivity index is 2.28. The van der Waals surface area contributed by atoms with Crippen molar-refractivity contribution in [2.45, 2.75) is 46.0 Å². The summed E-state index contributed by atoms with van der Waals surface area (Å²) in [5.41, 5.74) is 0. The van der Waals surface area contributed by atoms with Crippen LogP contribution in [0.4, 0.5) is 0 Å². The Bertz CT molecular complexity index is 124. The first-order valence-electron chi connectivity index (χ1n) is 4.99. The highest BCUT2D eigenvalue weighted by Gasteiger charge is 2.15. The van der Waals surface area contributed by atoms with Crippen LogP contribution in [-0.4, -0.2) is 0 Å². The summed E-state index contributed by atoms with van der Waals surface area (Å²) in [5.74, 6) is 1.87. The first-order valence-corrected chi connectivity index (χ1v) is 4.99. The first-order chi connectivity index (χ1) is 5.33. The number of hydrogen-bond acceptors (Lipinski definition) is 0. The normalized spacial score (nSPS) is 32.9. The van der Waals surface area contributed by atoms with E-state index < -0.39 is 0 Å². The molecule has 0 heteroatoms. The quantitative estimate of drug-likeness (QED) is 0.528. The van der Waals surface area contributed by atoms with Crippen molar-refractivity contribution in [3.63, 3.8) is 0 Å². The highest BCUT2D eigenvalue weighted by molar-refractivity contribution is 4.90. The van der Waals surface area contributed by atoms with Crippen LogP contribution in [0.25, 0.3) is 0 Å². The van der Waals surface area contributed by atoms with Gasteiger partial charge in [0.2, 0.25) is 0 Å². The summed E-state index contributed by atoms with van der Waals surface area (Å²) in [6, 6.07) is 0. The van der Waals surface area contributed by atoms with Crippen molar-refractivity contribution >= 4 is 0 Å². The molecule has 0 saturated heterocycles. The summed E-state index contributed by atoms with van der Waals surface area (Å²) in [7, 11) is 0. The molecule has 1 aliphatic rings. The maximum absolute atomic E-state index is 2.43. The van der Waals surface area contributed by atoms with Crippen LogP contribution in [-0.2, 0) is 0 Å². The second-order valence-electron chi connectivity index (χ2n) is 3.87. The van der Waals surface area contributed by atoms with Crippen molar-refractivity contribution in [3.05, 3.63) is 12.2 Å². The summed E-state index contributed by atoms with van der Waals surface area (Å²) in [4.78, 5) is 0. The van der Waals surface area contributed by atoms with Gasteiger partial charge in [-0.1, -0.05) is 38.8 Å². The van der Waals surface area contributed by atoms with E-state index in [4.69, 9.17) is 0 Å². The molecule has 1 saturated carbocycles. The molecule has 0 aliphatic heterocycles. The standard InChI is InChI=1S/C11H20/c1-3-4-7-11-8-5-6-10(2)9-11/h4,7,10-11H,3,5-6,8-9H2,1-2H3. The van der Waals surface area contributed by atoms with E-state index in [1.54, 1.807) is 0 Å². The fourth-order valence-corrected chi connectivity index (χ4v) is 1.98. The Kier molecular flexibility index (Phi) is 3.68. The molecule has 11 heavy (non-hydrogen) atoms. The van der Waals surface area contributed by atoms with Crippen LogP contribution in [0.15, 0.2) is 12.2 Å². The molecular weight excluding hydrogens is 132 g/mol. The van der Waals surface area contributed by atoms with Crippen LogP contribution in [0.3, 0.4) is 0 Å². The Morgan fingerprint density at radius 1 is 1.36 bits per heavy atom. The monoisotopic (exact) mass is 152 g/mol. The zero-order valence-electron chi connectivity index (χ0n) is 7.84. The Morgan fingerprint density at radius 2 is 2.18 bits per heavy atom. The van der Waals surface area contributed by atoms with E-state index in [-0.39, 0.29) is 0 Å². The summed E-state index contributed by atoms with van der Waals surface area (Å²) < 4.78 is 0. The molecule has 0 spiro atoms. The third-order valence-electron chi connectivity index (χ3n) is 2.62. The van der Waals surface area contributed by atoms with E-state index in [1.807, 2.05) is 0 Å². The van der Waals surface area contributed by atoms with Gasteiger partial charge in [0.05, 0.1) is 0 Å². The summed E-state index contributed by atoms with van der Waals surface area (Å²) >= 11 is 0. The van der Waals surface area contributed by atoms with Crippen molar-refractivity contribution < 1.29 is 0 Å². The van der Waals surface area contributed by atoms with Crippen LogP contribution >= 0.6 is 0 Å². The molecule has 0 nitrogen and oxygen atoms in total. The lowest BCUT2D eigenvalue weighted by Gasteiger charge is -2.23. The zero-order valence-corrected chi connectivity index (χ0v) is 7.84. The van der Waals surface area contributed by atoms with Gasteiger partial charge in [0.25, 0.3) is 0 Å². The van der Waals surface area contributed by atoms with Crippen LogP contribution < -0.4 is 0 Å². The third-order valence-corrected chi connectivity index (χ3v) is 2.62. The molecule has 0 N–H and O–H groups in total. The summed E-state index contributed by atoms with van der Waals surface area (Å²) in [6.07, 6.45) is 11.7. The fraction of sp³-hybridized carbons (Fsp3) is 0.818. The average molecular weight is 152 g/mol. The van der Waals surface area contributed by atoms with Crippen molar-refractivity contribution in [3.8, 4) is 0 Å². The van der Waals surface area contributed by atoms with Gasteiger partial charge in [-0.2, -0.15) is 0 Å². The van der Waals surface area contributed by atoms with Crippen LogP contribution in [0.5, 0.6) is 0 Å². The van der Waals surface area contributed by atoms with Gasteiger partial charge in [0, 0.05) is 0 Å². The second kappa shape index (κ2) is 4.58. The predicted octanol–water partition coefficient (Wildman–Crippen LogP) is 3.78. The van der Waals surface area contributed by atoms with Crippen molar-refractivity contribution in [2.75, 3.05) is 0 Å². The lowest BCUT2D eigenvalue weighted by molar-refractivity contribution is 0.325. The molecule has 1 aliphatic carbocycles. The van der Waals surface area contributed by atoms with Crippen molar-refractivity contribution in [1.82, 2.24) is 0 Å². The van der Waals surface area contributed by atoms with E-state index in [2.05, 4.69) is 26.0 Å². The number of allylic oxidation sites excluding steroid dienone is 2. The lowest BCUT2D eigenvalue weighted by atomic mass is 9.82. The average Bonchev–Trinajstić information content (AvgIpc) is 2.01. The Labute approximate surface area is 70.7 Å². The molecule has 0 radical (unpaired) electrons. The Morgan fingerprint density at radius 3 is 2.82 bits per heavy atom. The van der Waals surface area contributed by atoms with E-state index >= 15 is 0 Å². The van der Waals surface area contributed by atoms with Gasteiger partial charge in [0.1, 0.15) is 0 Å². The van der Waals surface area contributed by atoms with E-state index in [9.17, 15) is 0 Å². The van der Waals surface area contributed by atoms with Crippen LogP contribution in [0.1, 0.15) is 46.0 Å². The smallest absolute Gasteiger partial charge is 0.0231 e. The molecule has 0 heterocycles. The maximum Gasteiger partial charge on any atom is -0.0231 e. The van der Waals surface area contributed by atoms with Crippen molar-refractivity contribution in [2.24, 2.45) is 11.8 Å². The number of rotatable bonds is 2. The molecule has 0 aromatic heterocycles. The van der Waals surface area contributed by atoms with Crippen LogP contribution in [0, 0.1) is 11.8 Å². The minimum absolute atomic E-state index is 0.902. The molecular formula is C11H20. The van der Waals surface area contributed by atoms with Gasteiger partial charge in [-0.25, -0.2) is 0 Å². The van der Waals surface area contributed by atoms with Gasteiger partial charge in [0.15, 0.2) is 0 Å². The molecule has 2 unspecified atom stereocenters. The molecule has 2 atom stereocenters. The molecule has 0 amide bonds. The minimum Gasteiger partial charge on any atom is -0.0885 e. The molecule has 0 aromatic rings. The third kappa shape index (κ3) is 3.09. The van der Waals surface area contributed by atoms with Crippen LogP contribution in [0.2, 0.25) is 0 Å². The largest absolute Gasteiger partial charge is 0.0885 e. The SMILES string of the molecule is CCC=CC1CCCC(C)C1. The maximum atomic E-state index is 2.43. The van der Waals surface area contributed by atoms with E-state index in [0.717, 1.165) is 11.8 Å². The zero-order chi connectivity index (χ0) is 8.10.